The van der Waals surface area contributed by atoms with E-state index < -0.39 is 11.2 Å². The van der Waals surface area contributed by atoms with E-state index in [1.54, 1.807) is 24.3 Å². The summed E-state index contributed by atoms with van der Waals surface area (Å²) in [5.41, 5.74) is -0.288. The van der Waals surface area contributed by atoms with Crippen molar-refractivity contribution in [1.29, 1.82) is 0 Å². The summed E-state index contributed by atoms with van der Waals surface area (Å²) in [6.45, 7) is 2.86. The number of para-hydroxylation sites is 1. The highest BCUT2D eigenvalue weighted by atomic mass is 16.2. The summed E-state index contributed by atoms with van der Waals surface area (Å²) in [5.74, 6) is 0.747. The molecule has 1 aliphatic heterocycles. The van der Waals surface area contributed by atoms with E-state index in [1.807, 2.05) is 11.9 Å². The van der Waals surface area contributed by atoms with Crippen LogP contribution in [0, 0.1) is 5.92 Å². The molecule has 2 aromatic rings. The van der Waals surface area contributed by atoms with Gasteiger partial charge in [-0.15, -0.1) is 0 Å². The summed E-state index contributed by atoms with van der Waals surface area (Å²) < 4.78 is 1.48. The molecule has 0 bridgehead atoms. The lowest BCUT2D eigenvalue weighted by molar-refractivity contribution is -0.132. The number of aromatic amines is 1. The smallest absolute Gasteiger partial charge is 0.328 e. The van der Waals surface area contributed by atoms with Gasteiger partial charge in [0.15, 0.2) is 0 Å². The molecule has 0 aliphatic carbocycles. The molecule has 7 nitrogen and oxygen atoms in total. The highest BCUT2D eigenvalue weighted by Gasteiger charge is 2.22. The predicted molar refractivity (Wildman–Crippen MR) is 101 cm³/mol. The quantitative estimate of drug-likeness (QED) is 0.804. The molecule has 0 spiro atoms. The van der Waals surface area contributed by atoms with E-state index in [2.05, 4.69) is 10.3 Å². The van der Waals surface area contributed by atoms with Gasteiger partial charge >= 0.3 is 5.69 Å². The number of nitrogens with one attached hydrogen (secondary N) is 2. The van der Waals surface area contributed by atoms with Crippen molar-refractivity contribution in [3.8, 4) is 0 Å². The fraction of sp³-hybridized carbons (Fsp3) is 0.526. The molecule has 0 atom stereocenters. The van der Waals surface area contributed by atoms with Gasteiger partial charge in [0.1, 0.15) is 0 Å². The SMILES string of the molecule is CNCCC1CCN(C(=O)CCn2c(=O)[nH]c(=O)c3ccccc32)CC1. The van der Waals surface area contributed by atoms with Crippen LogP contribution in [0.1, 0.15) is 25.7 Å². The number of likely N-dealkylation sites (tertiary alicyclic amines) is 1. The number of carbonyl (C=O) groups excluding carboxylic acids is 1. The summed E-state index contributed by atoms with van der Waals surface area (Å²) in [7, 11) is 1.96. The first kappa shape index (κ1) is 18.4. The molecule has 7 heteroatoms. The molecule has 2 heterocycles. The van der Waals surface area contributed by atoms with Gasteiger partial charge in [0, 0.05) is 26.1 Å². The van der Waals surface area contributed by atoms with Gasteiger partial charge in [-0.05, 0) is 50.9 Å². The van der Waals surface area contributed by atoms with E-state index in [4.69, 9.17) is 0 Å². The number of aromatic nitrogens is 2. The maximum atomic E-state index is 12.5. The second-order valence-electron chi connectivity index (χ2n) is 6.89. The molecule has 1 aromatic carbocycles. The number of H-pyrrole nitrogens is 1. The first-order valence-corrected chi connectivity index (χ1v) is 9.24. The molecule has 26 heavy (non-hydrogen) atoms. The van der Waals surface area contributed by atoms with Crippen molar-refractivity contribution in [1.82, 2.24) is 19.8 Å². The zero-order valence-corrected chi connectivity index (χ0v) is 15.2. The fourth-order valence-corrected chi connectivity index (χ4v) is 3.65. The molecule has 0 saturated carbocycles. The van der Waals surface area contributed by atoms with Gasteiger partial charge in [0.25, 0.3) is 5.56 Å². The summed E-state index contributed by atoms with van der Waals surface area (Å²) in [6, 6.07) is 6.97. The van der Waals surface area contributed by atoms with Crippen LogP contribution < -0.4 is 16.6 Å². The van der Waals surface area contributed by atoms with Crippen molar-refractivity contribution >= 4 is 16.8 Å². The average molecular weight is 358 g/mol. The van der Waals surface area contributed by atoms with Crippen LogP contribution >= 0.6 is 0 Å². The van der Waals surface area contributed by atoms with Gasteiger partial charge in [-0.25, -0.2) is 4.79 Å². The van der Waals surface area contributed by atoms with Crippen molar-refractivity contribution in [3.05, 3.63) is 45.1 Å². The van der Waals surface area contributed by atoms with Crippen molar-refractivity contribution in [2.45, 2.75) is 32.2 Å². The third kappa shape index (κ3) is 4.04. The molecule has 1 saturated heterocycles. The standard InChI is InChI=1S/C19H26N4O3/c1-20-10-6-14-7-11-22(12-8-14)17(24)9-13-23-16-5-3-2-4-15(16)18(25)21-19(23)26/h2-5,14,20H,6-13H2,1H3,(H,21,25,26). The van der Waals surface area contributed by atoms with E-state index in [1.165, 1.54) is 4.57 Å². The Morgan fingerprint density at radius 3 is 2.69 bits per heavy atom. The van der Waals surface area contributed by atoms with Crippen molar-refractivity contribution < 1.29 is 4.79 Å². The molecule has 1 amide bonds. The highest BCUT2D eigenvalue weighted by molar-refractivity contribution is 5.79. The Morgan fingerprint density at radius 1 is 1.23 bits per heavy atom. The maximum Gasteiger partial charge on any atom is 0.328 e. The molecule has 1 aliphatic rings. The topological polar surface area (TPSA) is 87.2 Å². The van der Waals surface area contributed by atoms with Crippen molar-refractivity contribution in [2.75, 3.05) is 26.7 Å². The summed E-state index contributed by atoms with van der Waals surface area (Å²) in [6.07, 6.45) is 3.48. The number of hydrogen-bond donors (Lipinski definition) is 2. The normalized spacial score (nSPS) is 15.5. The molecule has 0 radical (unpaired) electrons. The predicted octanol–water partition coefficient (Wildman–Crippen LogP) is 0.928. The maximum absolute atomic E-state index is 12.5. The lowest BCUT2D eigenvalue weighted by Gasteiger charge is -2.32. The Kier molecular flexibility index (Phi) is 5.88. The van der Waals surface area contributed by atoms with E-state index in [-0.39, 0.29) is 18.9 Å². The number of rotatable bonds is 6. The summed E-state index contributed by atoms with van der Waals surface area (Å²) in [5, 5.41) is 3.64. The Bertz CT molecular complexity index is 878. The first-order chi connectivity index (χ1) is 12.6. The van der Waals surface area contributed by atoms with Gasteiger partial charge < -0.3 is 10.2 Å². The van der Waals surface area contributed by atoms with Crippen LogP contribution in [0.3, 0.4) is 0 Å². The van der Waals surface area contributed by atoms with Crippen LogP contribution in [0.2, 0.25) is 0 Å². The van der Waals surface area contributed by atoms with Crippen LogP contribution in [0.4, 0.5) is 0 Å². The first-order valence-electron chi connectivity index (χ1n) is 9.24. The van der Waals surface area contributed by atoms with E-state index in [0.717, 1.165) is 38.9 Å². The summed E-state index contributed by atoms with van der Waals surface area (Å²) in [4.78, 5) is 40.8. The molecule has 140 valence electrons. The molecule has 1 aromatic heterocycles. The number of hydrogen-bond acceptors (Lipinski definition) is 4. The van der Waals surface area contributed by atoms with Crippen LogP contribution in [-0.2, 0) is 11.3 Å². The number of carbonyl (C=O) groups is 1. The minimum atomic E-state index is -0.465. The van der Waals surface area contributed by atoms with Gasteiger partial charge in [0.2, 0.25) is 5.91 Å². The van der Waals surface area contributed by atoms with Crippen LogP contribution in [0.25, 0.3) is 10.9 Å². The molecule has 2 N–H and O–H groups in total. The monoisotopic (exact) mass is 358 g/mol. The zero-order chi connectivity index (χ0) is 18.5. The van der Waals surface area contributed by atoms with E-state index >= 15 is 0 Å². The van der Waals surface area contributed by atoms with Gasteiger partial charge in [-0.2, -0.15) is 0 Å². The summed E-state index contributed by atoms with van der Waals surface area (Å²) >= 11 is 0. The second kappa shape index (κ2) is 8.31. The number of piperidine rings is 1. The Labute approximate surface area is 152 Å². The molecule has 1 fully saturated rings. The van der Waals surface area contributed by atoms with Gasteiger partial charge in [-0.3, -0.25) is 19.1 Å². The lowest BCUT2D eigenvalue weighted by atomic mass is 9.93. The zero-order valence-electron chi connectivity index (χ0n) is 15.2. The highest BCUT2D eigenvalue weighted by Crippen LogP contribution is 2.20. The lowest BCUT2D eigenvalue weighted by Crippen LogP contribution is -2.40. The Hall–Kier alpha value is -2.41. The molecular weight excluding hydrogens is 332 g/mol. The largest absolute Gasteiger partial charge is 0.343 e. The van der Waals surface area contributed by atoms with Crippen molar-refractivity contribution in [3.63, 3.8) is 0 Å². The van der Waals surface area contributed by atoms with Crippen LogP contribution in [-0.4, -0.2) is 47.0 Å². The van der Waals surface area contributed by atoms with Crippen molar-refractivity contribution in [2.24, 2.45) is 5.92 Å². The third-order valence-electron chi connectivity index (χ3n) is 5.22. The minimum absolute atomic E-state index is 0.0687. The molecule has 0 unspecified atom stereocenters. The minimum Gasteiger partial charge on any atom is -0.343 e. The van der Waals surface area contributed by atoms with Crippen LogP contribution in [0.15, 0.2) is 33.9 Å². The van der Waals surface area contributed by atoms with E-state index in [9.17, 15) is 14.4 Å². The number of nitrogens with zero attached hydrogens (tertiary/aromatic N) is 2. The number of aryl methyl sites for hydroxylation is 1. The Morgan fingerprint density at radius 2 is 1.96 bits per heavy atom. The second-order valence-corrected chi connectivity index (χ2v) is 6.89. The number of fused-ring (bicyclic) bond motifs is 1. The fourth-order valence-electron chi connectivity index (χ4n) is 3.65. The van der Waals surface area contributed by atoms with Gasteiger partial charge in [-0.1, -0.05) is 12.1 Å². The third-order valence-corrected chi connectivity index (χ3v) is 5.22. The van der Waals surface area contributed by atoms with Crippen LogP contribution in [0.5, 0.6) is 0 Å². The number of amides is 1. The van der Waals surface area contributed by atoms with Gasteiger partial charge in [0.05, 0.1) is 10.9 Å². The molecular formula is C19H26N4O3. The van der Waals surface area contributed by atoms with E-state index in [0.29, 0.717) is 16.8 Å². The average Bonchev–Trinajstić information content (AvgIpc) is 2.66. The Balaban J connectivity index is 1.63. The molecule has 3 rings (SSSR count). The number of benzene rings is 1.